The number of rotatable bonds is 5. The minimum absolute atomic E-state index is 0.0618. The normalized spacial score (nSPS) is 11.1. The van der Waals surface area contributed by atoms with E-state index in [9.17, 15) is 13.2 Å². The van der Waals surface area contributed by atoms with Crippen LogP contribution < -0.4 is 5.32 Å². The number of hydrogen-bond donors (Lipinski definition) is 2. The van der Waals surface area contributed by atoms with Crippen molar-refractivity contribution in [2.24, 2.45) is 0 Å². The number of carbonyl (C=O) groups is 1. The van der Waals surface area contributed by atoms with E-state index >= 15 is 0 Å². The van der Waals surface area contributed by atoms with Crippen molar-refractivity contribution in [2.45, 2.75) is 0 Å². The van der Waals surface area contributed by atoms with E-state index in [1.807, 2.05) is 0 Å². The van der Waals surface area contributed by atoms with Gasteiger partial charge in [-0.1, -0.05) is 0 Å². The van der Waals surface area contributed by atoms with Crippen molar-refractivity contribution in [3.8, 4) is 0 Å². The van der Waals surface area contributed by atoms with Gasteiger partial charge in [-0.3, -0.25) is 0 Å². The lowest BCUT2D eigenvalue weighted by atomic mass is 10.4. The van der Waals surface area contributed by atoms with E-state index in [1.165, 1.54) is 12.3 Å². The molecule has 0 unspecified atom stereocenters. The van der Waals surface area contributed by atoms with E-state index in [1.54, 1.807) is 0 Å². The zero-order valence-corrected chi connectivity index (χ0v) is 9.36. The lowest BCUT2D eigenvalue weighted by Gasteiger charge is -2.03. The predicted molar refractivity (Wildman–Crippen MR) is 57.2 cm³/mol. The van der Waals surface area contributed by atoms with Crippen LogP contribution in [-0.4, -0.2) is 48.0 Å². The smallest absolute Gasteiger partial charge is 0.354 e. The molecule has 2 N–H and O–H groups in total. The van der Waals surface area contributed by atoms with Crippen molar-refractivity contribution in [3.05, 3.63) is 18.0 Å². The molecule has 0 radical (unpaired) electrons. The summed E-state index contributed by atoms with van der Waals surface area (Å²) in [6.45, 7) is 0.141. The molecule has 1 rings (SSSR count). The average Bonchev–Trinajstić information content (AvgIpc) is 2.16. The number of carboxylic acid groups (broad SMARTS) is 1. The quantitative estimate of drug-likeness (QED) is 0.728. The van der Waals surface area contributed by atoms with Gasteiger partial charge in [0.15, 0.2) is 5.69 Å². The molecule has 0 spiro atoms. The summed E-state index contributed by atoms with van der Waals surface area (Å²) >= 11 is 0. The molecule has 0 saturated carbocycles. The molecule has 0 aromatic carbocycles. The zero-order chi connectivity index (χ0) is 12.2. The molecule has 1 aromatic rings. The van der Waals surface area contributed by atoms with Gasteiger partial charge in [0.1, 0.15) is 9.84 Å². The third-order valence-electron chi connectivity index (χ3n) is 1.63. The van der Waals surface area contributed by atoms with Gasteiger partial charge in [0, 0.05) is 19.0 Å². The van der Waals surface area contributed by atoms with Crippen LogP contribution in [0.15, 0.2) is 12.3 Å². The van der Waals surface area contributed by atoms with Crippen LogP contribution in [0.5, 0.6) is 0 Å². The van der Waals surface area contributed by atoms with Gasteiger partial charge in [-0.25, -0.2) is 23.2 Å². The van der Waals surface area contributed by atoms with Crippen molar-refractivity contribution < 1.29 is 18.3 Å². The van der Waals surface area contributed by atoms with E-state index in [-0.39, 0.29) is 23.9 Å². The Hall–Kier alpha value is -1.70. The highest BCUT2D eigenvalue weighted by atomic mass is 32.2. The fraction of sp³-hybridized carbons (Fsp3) is 0.375. The van der Waals surface area contributed by atoms with Gasteiger partial charge in [-0.05, 0) is 6.07 Å². The van der Waals surface area contributed by atoms with Crippen molar-refractivity contribution in [2.75, 3.05) is 23.9 Å². The molecule has 0 aliphatic carbocycles. The van der Waals surface area contributed by atoms with E-state index < -0.39 is 15.8 Å². The maximum Gasteiger partial charge on any atom is 0.354 e. The zero-order valence-electron chi connectivity index (χ0n) is 8.54. The third kappa shape index (κ3) is 4.22. The summed E-state index contributed by atoms with van der Waals surface area (Å²) in [5.41, 5.74) is -0.142. The fourth-order valence-electron chi connectivity index (χ4n) is 0.911. The van der Waals surface area contributed by atoms with Crippen LogP contribution in [0.25, 0.3) is 0 Å². The molecular weight excluding hydrogens is 234 g/mol. The summed E-state index contributed by atoms with van der Waals surface area (Å²) in [5.74, 6) is -1.12. The number of aromatic carboxylic acids is 1. The molecule has 0 aliphatic rings. The molecule has 0 atom stereocenters. The minimum atomic E-state index is -3.06. The number of hydrogen-bond acceptors (Lipinski definition) is 6. The van der Waals surface area contributed by atoms with E-state index in [0.717, 1.165) is 6.26 Å². The monoisotopic (exact) mass is 245 g/mol. The molecule has 0 saturated heterocycles. The van der Waals surface area contributed by atoms with Crippen molar-refractivity contribution >= 4 is 21.8 Å². The highest BCUT2D eigenvalue weighted by molar-refractivity contribution is 7.90. The largest absolute Gasteiger partial charge is 0.477 e. The van der Waals surface area contributed by atoms with Gasteiger partial charge >= 0.3 is 5.97 Å². The van der Waals surface area contributed by atoms with Gasteiger partial charge in [0.2, 0.25) is 5.95 Å². The Morgan fingerprint density at radius 2 is 2.25 bits per heavy atom. The van der Waals surface area contributed by atoms with Crippen LogP contribution in [-0.2, 0) is 9.84 Å². The summed E-state index contributed by atoms with van der Waals surface area (Å²) in [6.07, 6.45) is 2.41. The number of anilines is 1. The van der Waals surface area contributed by atoms with Gasteiger partial charge in [0.25, 0.3) is 0 Å². The highest BCUT2D eigenvalue weighted by Crippen LogP contribution is 2.00. The van der Waals surface area contributed by atoms with Gasteiger partial charge in [-0.15, -0.1) is 0 Å². The van der Waals surface area contributed by atoms with Crippen LogP contribution >= 0.6 is 0 Å². The maximum atomic E-state index is 10.8. The first kappa shape index (κ1) is 12.4. The molecule has 1 aromatic heterocycles. The van der Waals surface area contributed by atoms with Crippen molar-refractivity contribution in [1.82, 2.24) is 9.97 Å². The molecule has 0 bridgehead atoms. The molecule has 8 heteroatoms. The highest BCUT2D eigenvalue weighted by Gasteiger charge is 2.06. The lowest BCUT2D eigenvalue weighted by Crippen LogP contribution is -2.16. The Balaban J connectivity index is 2.61. The summed E-state index contributed by atoms with van der Waals surface area (Å²) in [5, 5.41) is 11.3. The molecule has 0 amide bonds. The Bertz CT molecular complexity index is 486. The Labute approximate surface area is 92.5 Å². The molecular formula is C8H11N3O4S. The van der Waals surface area contributed by atoms with E-state index in [0.29, 0.717) is 0 Å². The molecule has 0 fully saturated rings. The Kier molecular flexibility index (Phi) is 3.78. The summed E-state index contributed by atoms with van der Waals surface area (Å²) in [7, 11) is -3.06. The molecule has 1 heterocycles. The first-order valence-electron chi connectivity index (χ1n) is 4.36. The second-order valence-electron chi connectivity index (χ2n) is 3.13. The number of carboxylic acids is 1. The average molecular weight is 245 g/mol. The molecule has 16 heavy (non-hydrogen) atoms. The van der Waals surface area contributed by atoms with Crippen LogP contribution in [0.3, 0.4) is 0 Å². The van der Waals surface area contributed by atoms with Gasteiger partial charge in [0.05, 0.1) is 5.75 Å². The number of nitrogens with one attached hydrogen (secondary N) is 1. The summed E-state index contributed by atoms with van der Waals surface area (Å²) < 4.78 is 21.6. The van der Waals surface area contributed by atoms with Crippen LogP contribution in [0.1, 0.15) is 10.5 Å². The molecule has 0 aliphatic heterocycles. The Morgan fingerprint density at radius 1 is 1.56 bits per heavy atom. The van der Waals surface area contributed by atoms with Crippen LogP contribution in [0, 0.1) is 0 Å². The molecule has 88 valence electrons. The number of nitrogens with zero attached hydrogens (tertiary/aromatic N) is 2. The minimum Gasteiger partial charge on any atom is -0.477 e. The maximum absolute atomic E-state index is 10.8. The van der Waals surface area contributed by atoms with Crippen molar-refractivity contribution in [3.63, 3.8) is 0 Å². The second-order valence-corrected chi connectivity index (χ2v) is 5.39. The van der Waals surface area contributed by atoms with Crippen molar-refractivity contribution in [1.29, 1.82) is 0 Å². The van der Waals surface area contributed by atoms with Gasteiger partial charge < -0.3 is 10.4 Å². The first-order chi connectivity index (χ1) is 7.38. The summed E-state index contributed by atoms with van der Waals surface area (Å²) in [4.78, 5) is 18.0. The standard InChI is InChI=1S/C8H11N3O4S/c1-16(14,15)5-4-10-8-9-3-2-6(11-8)7(12)13/h2-3H,4-5H2,1H3,(H,12,13)(H,9,10,11). The van der Waals surface area contributed by atoms with E-state index in [2.05, 4.69) is 15.3 Å². The molecule has 7 nitrogen and oxygen atoms in total. The predicted octanol–water partition coefficient (Wildman–Crippen LogP) is -0.369. The SMILES string of the molecule is CS(=O)(=O)CCNc1nccc(C(=O)O)n1. The first-order valence-corrected chi connectivity index (χ1v) is 6.42. The van der Waals surface area contributed by atoms with E-state index in [4.69, 9.17) is 5.11 Å². The fourth-order valence-corrected chi connectivity index (χ4v) is 1.38. The third-order valence-corrected chi connectivity index (χ3v) is 2.58. The van der Waals surface area contributed by atoms with Gasteiger partial charge in [-0.2, -0.15) is 0 Å². The number of sulfone groups is 1. The summed E-state index contributed by atoms with van der Waals surface area (Å²) in [6, 6.07) is 1.25. The topological polar surface area (TPSA) is 109 Å². The van der Waals surface area contributed by atoms with Crippen LogP contribution in [0.2, 0.25) is 0 Å². The second kappa shape index (κ2) is 4.88. The number of aromatic nitrogens is 2. The Morgan fingerprint density at radius 3 is 2.81 bits per heavy atom. The van der Waals surface area contributed by atoms with Crippen LogP contribution in [0.4, 0.5) is 5.95 Å². The lowest BCUT2D eigenvalue weighted by molar-refractivity contribution is 0.0690.